The van der Waals surface area contributed by atoms with Crippen LogP contribution < -0.4 is 10.1 Å². The van der Waals surface area contributed by atoms with Gasteiger partial charge in [0.1, 0.15) is 11.4 Å². The predicted molar refractivity (Wildman–Crippen MR) is 78.6 cm³/mol. The van der Waals surface area contributed by atoms with Crippen LogP contribution in [0.4, 0.5) is 5.69 Å². The Labute approximate surface area is 122 Å². The number of nitrogens with one attached hydrogen (secondary N) is 1. The van der Waals surface area contributed by atoms with Gasteiger partial charge in [0.05, 0.1) is 4.92 Å². The largest absolute Gasteiger partial charge is 0.434 e. The van der Waals surface area contributed by atoms with Gasteiger partial charge in [-0.15, -0.1) is 0 Å². The van der Waals surface area contributed by atoms with E-state index in [4.69, 9.17) is 4.74 Å². The van der Waals surface area contributed by atoms with Gasteiger partial charge in [-0.25, -0.2) is 4.68 Å². The summed E-state index contributed by atoms with van der Waals surface area (Å²) < 4.78 is 7.23. The second-order valence-electron chi connectivity index (χ2n) is 4.59. The minimum atomic E-state index is -0.457. The molecule has 0 amide bonds. The van der Waals surface area contributed by atoms with Crippen LogP contribution in [0.2, 0.25) is 0 Å². The molecule has 1 N–H and O–H groups in total. The fraction of sp³-hybridized carbons (Fsp3) is 0.357. The van der Waals surface area contributed by atoms with E-state index < -0.39 is 4.92 Å². The average Bonchev–Trinajstić information content (AvgIpc) is 2.75. The lowest BCUT2D eigenvalue weighted by Crippen LogP contribution is -2.05. The van der Waals surface area contributed by atoms with Crippen LogP contribution in [0, 0.1) is 17.0 Å². The number of nitro groups is 1. The summed E-state index contributed by atoms with van der Waals surface area (Å²) in [6, 6.07) is 7.43. The molecular weight excluding hydrogens is 272 g/mol. The first-order valence-electron chi connectivity index (χ1n) is 6.70. The number of ether oxygens (including phenoxy) is 1. The van der Waals surface area contributed by atoms with Gasteiger partial charge in [-0.1, -0.05) is 12.1 Å². The lowest BCUT2D eigenvalue weighted by Gasteiger charge is -2.08. The molecule has 0 spiro atoms. The maximum absolute atomic E-state index is 11.2. The van der Waals surface area contributed by atoms with Crippen molar-refractivity contribution in [3.8, 4) is 11.6 Å². The molecule has 0 saturated carbocycles. The van der Waals surface area contributed by atoms with Gasteiger partial charge >= 0.3 is 5.69 Å². The lowest BCUT2D eigenvalue weighted by atomic mass is 10.2. The second kappa shape index (κ2) is 6.36. The molecule has 21 heavy (non-hydrogen) atoms. The molecule has 1 aromatic carbocycles. The van der Waals surface area contributed by atoms with Crippen LogP contribution in [0.3, 0.4) is 0 Å². The number of hydrogen-bond donors (Lipinski definition) is 1. The molecule has 0 aliphatic heterocycles. The van der Waals surface area contributed by atoms with Crippen molar-refractivity contribution in [1.29, 1.82) is 0 Å². The molecule has 2 aromatic rings. The molecule has 7 nitrogen and oxygen atoms in total. The van der Waals surface area contributed by atoms with Crippen LogP contribution in [0.25, 0.3) is 0 Å². The summed E-state index contributed by atoms with van der Waals surface area (Å²) in [6.45, 7) is 4.67. The average molecular weight is 290 g/mol. The van der Waals surface area contributed by atoms with Crippen LogP contribution in [0.15, 0.2) is 24.3 Å². The zero-order chi connectivity index (χ0) is 15.4. The molecule has 0 unspecified atom stereocenters. The Kier molecular flexibility index (Phi) is 4.54. The first-order valence-corrected chi connectivity index (χ1v) is 6.70. The number of aryl methyl sites for hydroxylation is 2. The SMILES string of the molecule is CCn1nc(C)c([N+](=O)[O-])c1Oc1cccc(CNC)c1. The smallest absolute Gasteiger partial charge is 0.353 e. The first-order chi connectivity index (χ1) is 10.1. The maximum Gasteiger partial charge on any atom is 0.353 e. The standard InChI is InChI=1S/C14H18N4O3/c1-4-17-14(13(18(19)20)10(2)16-17)21-12-7-5-6-11(8-12)9-15-3/h5-8,15H,4,9H2,1-3H3. The third-order valence-electron chi connectivity index (χ3n) is 3.03. The van der Waals surface area contributed by atoms with Crippen LogP contribution in [-0.4, -0.2) is 21.8 Å². The van der Waals surface area contributed by atoms with Crippen molar-refractivity contribution in [2.45, 2.75) is 26.9 Å². The Balaban J connectivity index is 2.38. The van der Waals surface area contributed by atoms with Gasteiger partial charge in [0.25, 0.3) is 5.88 Å². The highest BCUT2D eigenvalue weighted by Crippen LogP contribution is 2.34. The molecule has 0 saturated heterocycles. The van der Waals surface area contributed by atoms with E-state index in [9.17, 15) is 10.1 Å². The van der Waals surface area contributed by atoms with Gasteiger partial charge in [0, 0.05) is 13.1 Å². The van der Waals surface area contributed by atoms with Crippen molar-refractivity contribution in [3.05, 3.63) is 45.6 Å². The van der Waals surface area contributed by atoms with Crippen LogP contribution in [0.5, 0.6) is 11.6 Å². The molecule has 0 aliphatic rings. The van der Waals surface area contributed by atoms with Crippen molar-refractivity contribution in [1.82, 2.24) is 15.1 Å². The molecule has 0 fully saturated rings. The third kappa shape index (κ3) is 3.19. The fourth-order valence-electron chi connectivity index (χ4n) is 2.11. The molecule has 1 heterocycles. The third-order valence-corrected chi connectivity index (χ3v) is 3.03. The molecule has 0 atom stereocenters. The molecule has 0 aliphatic carbocycles. The Morgan fingerprint density at radius 3 is 2.86 bits per heavy atom. The first kappa shape index (κ1) is 15.0. The molecular formula is C14H18N4O3. The maximum atomic E-state index is 11.2. The molecule has 1 aromatic heterocycles. The van der Waals surface area contributed by atoms with E-state index in [0.717, 1.165) is 5.56 Å². The highest BCUT2D eigenvalue weighted by atomic mass is 16.6. The number of aromatic nitrogens is 2. The molecule has 2 rings (SSSR count). The minimum absolute atomic E-state index is 0.0872. The van der Waals surface area contributed by atoms with Crippen LogP contribution in [-0.2, 0) is 13.1 Å². The van der Waals surface area contributed by atoms with Gasteiger partial charge in [-0.3, -0.25) is 10.1 Å². The van der Waals surface area contributed by atoms with Crippen LogP contribution in [0.1, 0.15) is 18.2 Å². The quantitative estimate of drug-likeness (QED) is 0.653. The van der Waals surface area contributed by atoms with E-state index in [1.807, 2.05) is 32.2 Å². The normalized spacial score (nSPS) is 10.6. The van der Waals surface area contributed by atoms with Crippen molar-refractivity contribution in [2.24, 2.45) is 0 Å². The highest BCUT2D eigenvalue weighted by Gasteiger charge is 2.27. The number of hydrogen-bond acceptors (Lipinski definition) is 5. The van der Waals surface area contributed by atoms with Gasteiger partial charge in [0.15, 0.2) is 0 Å². The Morgan fingerprint density at radius 2 is 2.24 bits per heavy atom. The van der Waals surface area contributed by atoms with Crippen molar-refractivity contribution >= 4 is 5.69 Å². The van der Waals surface area contributed by atoms with E-state index in [-0.39, 0.29) is 11.6 Å². The van der Waals surface area contributed by atoms with Crippen molar-refractivity contribution in [3.63, 3.8) is 0 Å². The second-order valence-corrected chi connectivity index (χ2v) is 4.59. The summed E-state index contributed by atoms with van der Waals surface area (Å²) in [4.78, 5) is 10.7. The summed E-state index contributed by atoms with van der Waals surface area (Å²) >= 11 is 0. The molecule has 112 valence electrons. The summed E-state index contributed by atoms with van der Waals surface area (Å²) in [5.74, 6) is 0.724. The number of nitrogens with zero attached hydrogens (tertiary/aromatic N) is 3. The van der Waals surface area contributed by atoms with E-state index in [1.54, 1.807) is 13.0 Å². The summed E-state index contributed by atoms with van der Waals surface area (Å²) in [5, 5.41) is 18.4. The highest BCUT2D eigenvalue weighted by molar-refractivity contribution is 5.48. The summed E-state index contributed by atoms with van der Waals surface area (Å²) in [7, 11) is 1.86. The predicted octanol–water partition coefficient (Wildman–Crippen LogP) is 2.63. The number of rotatable bonds is 6. The zero-order valence-corrected chi connectivity index (χ0v) is 12.3. The Morgan fingerprint density at radius 1 is 1.48 bits per heavy atom. The van der Waals surface area contributed by atoms with Gasteiger partial charge in [-0.05, 0) is 38.6 Å². The topological polar surface area (TPSA) is 82.2 Å². The number of benzene rings is 1. The van der Waals surface area contributed by atoms with Gasteiger partial charge in [-0.2, -0.15) is 5.10 Å². The van der Waals surface area contributed by atoms with Crippen molar-refractivity contribution < 1.29 is 9.66 Å². The van der Waals surface area contributed by atoms with Gasteiger partial charge < -0.3 is 10.1 Å². The lowest BCUT2D eigenvalue weighted by molar-refractivity contribution is -0.386. The van der Waals surface area contributed by atoms with E-state index in [2.05, 4.69) is 10.4 Å². The molecule has 0 radical (unpaired) electrons. The zero-order valence-electron chi connectivity index (χ0n) is 12.3. The van der Waals surface area contributed by atoms with Gasteiger partial charge in [0.2, 0.25) is 0 Å². The van der Waals surface area contributed by atoms with E-state index in [1.165, 1.54) is 4.68 Å². The molecule has 7 heteroatoms. The van der Waals surface area contributed by atoms with E-state index in [0.29, 0.717) is 24.5 Å². The minimum Gasteiger partial charge on any atom is -0.434 e. The Bertz CT molecular complexity index is 652. The van der Waals surface area contributed by atoms with Crippen LogP contribution >= 0.6 is 0 Å². The monoisotopic (exact) mass is 290 g/mol. The van der Waals surface area contributed by atoms with Crippen molar-refractivity contribution in [2.75, 3.05) is 7.05 Å². The summed E-state index contributed by atoms with van der Waals surface area (Å²) in [5.41, 5.74) is 1.30. The summed E-state index contributed by atoms with van der Waals surface area (Å²) in [6.07, 6.45) is 0. The Hall–Kier alpha value is -2.41. The van der Waals surface area contributed by atoms with E-state index >= 15 is 0 Å². The fourth-order valence-corrected chi connectivity index (χ4v) is 2.11. The molecule has 0 bridgehead atoms.